The van der Waals surface area contributed by atoms with Gasteiger partial charge in [0.05, 0.1) is 11.9 Å². The van der Waals surface area contributed by atoms with Crippen LogP contribution in [-0.2, 0) is 20.0 Å². The summed E-state index contributed by atoms with van der Waals surface area (Å²) in [5.74, 6) is 0. The third kappa shape index (κ3) is 2.26. The third-order valence-electron chi connectivity index (χ3n) is 2.49. The van der Waals surface area contributed by atoms with Crippen LogP contribution in [0.2, 0.25) is 0 Å². The summed E-state index contributed by atoms with van der Waals surface area (Å²) < 4.78 is 3.83. The first-order chi connectivity index (χ1) is 7.15. The van der Waals surface area contributed by atoms with Crippen molar-refractivity contribution in [3.63, 3.8) is 0 Å². The molecule has 4 heteroatoms. The smallest absolute Gasteiger partial charge is 0.0626 e. The number of hydrogen-bond acceptors (Lipinski definition) is 2. The molecular formula is C11H16N4. The highest BCUT2D eigenvalue weighted by Crippen LogP contribution is 2.06. The molecule has 0 aliphatic heterocycles. The maximum absolute atomic E-state index is 4.32. The Balaban J connectivity index is 2.01. The van der Waals surface area contributed by atoms with Gasteiger partial charge in [0, 0.05) is 26.0 Å². The SMILES string of the molecule is Cc1cnn(CCc2cn(C)nc2C)c1. The summed E-state index contributed by atoms with van der Waals surface area (Å²) in [5.41, 5.74) is 3.62. The van der Waals surface area contributed by atoms with E-state index in [4.69, 9.17) is 0 Å². The fraction of sp³-hybridized carbons (Fsp3) is 0.455. The molecule has 0 atom stereocenters. The molecule has 0 saturated carbocycles. The molecule has 80 valence electrons. The summed E-state index contributed by atoms with van der Waals surface area (Å²) >= 11 is 0. The Kier molecular flexibility index (Phi) is 2.58. The predicted octanol–water partition coefficient (Wildman–Crippen LogP) is 1.48. The zero-order valence-electron chi connectivity index (χ0n) is 9.44. The zero-order chi connectivity index (χ0) is 10.8. The van der Waals surface area contributed by atoms with Crippen LogP contribution in [0.25, 0.3) is 0 Å². The average Bonchev–Trinajstić information content (AvgIpc) is 2.70. The normalized spacial score (nSPS) is 10.9. The van der Waals surface area contributed by atoms with Crippen LogP contribution in [0, 0.1) is 13.8 Å². The predicted molar refractivity (Wildman–Crippen MR) is 58.6 cm³/mol. The van der Waals surface area contributed by atoms with Crippen LogP contribution in [0.3, 0.4) is 0 Å². The van der Waals surface area contributed by atoms with E-state index in [9.17, 15) is 0 Å². The topological polar surface area (TPSA) is 35.6 Å². The molecule has 4 nitrogen and oxygen atoms in total. The molecule has 0 saturated heterocycles. The number of aromatic nitrogens is 4. The molecule has 0 N–H and O–H groups in total. The van der Waals surface area contributed by atoms with Gasteiger partial charge in [-0.05, 0) is 31.4 Å². The quantitative estimate of drug-likeness (QED) is 0.759. The molecule has 0 fully saturated rings. The highest BCUT2D eigenvalue weighted by Gasteiger charge is 2.03. The second-order valence-corrected chi connectivity index (χ2v) is 3.94. The molecule has 2 aromatic rings. The van der Waals surface area contributed by atoms with Crippen LogP contribution in [0.15, 0.2) is 18.6 Å². The van der Waals surface area contributed by atoms with Gasteiger partial charge in [-0.15, -0.1) is 0 Å². The summed E-state index contributed by atoms with van der Waals surface area (Å²) in [6, 6.07) is 0. The Morgan fingerprint density at radius 1 is 1.27 bits per heavy atom. The molecule has 0 spiro atoms. The van der Waals surface area contributed by atoms with Gasteiger partial charge in [0.15, 0.2) is 0 Å². The summed E-state index contributed by atoms with van der Waals surface area (Å²) in [6.45, 7) is 5.02. The Bertz CT molecular complexity index is 453. The van der Waals surface area contributed by atoms with Crippen molar-refractivity contribution in [2.24, 2.45) is 7.05 Å². The van der Waals surface area contributed by atoms with Gasteiger partial charge in [-0.3, -0.25) is 9.36 Å². The monoisotopic (exact) mass is 204 g/mol. The minimum atomic E-state index is 0.917. The molecule has 2 rings (SSSR count). The molecule has 0 aliphatic rings. The van der Waals surface area contributed by atoms with E-state index in [1.54, 1.807) is 0 Å². The minimum absolute atomic E-state index is 0.917. The van der Waals surface area contributed by atoms with Crippen molar-refractivity contribution in [1.82, 2.24) is 19.6 Å². The number of aryl methyl sites for hydroxylation is 5. The average molecular weight is 204 g/mol. The molecule has 0 amide bonds. The van der Waals surface area contributed by atoms with Crippen LogP contribution in [0.5, 0.6) is 0 Å². The second kappa shape index (κ2) is 3.88. The maximum Gasteiger partial charge on any atom is 0.0626 e. The lowest BCUT2D eigenvalue weighted by atomic mass is 10.2. The van der Waals surface area contributed by atoms with Gasteiger partial charge in [0.25, 0.3) is 0 Å². The fourth-order valence-electron chi connectivity index (χ4n) is 1.72. The van der Waals surface area contributed by atoms with Gasteiger partial charge >= 0.3 is 0 Å². The van der Waals surface area contributed by atoms with Crippen LogP contribution < -0.4 is 0 Å². The summed E-state index contributed by atoms with van der Waals surface area (Å²) in [5, 5.41) is 8.57. The second-order valence-electron chi connectivity index (χ2n) is 3.94. The van der Waals surface area contributed by atoms with Gasteiger partial charge in [0.2, 0.25) is 0 Å². The van der Waals surface area contributed by atoms with Crippen molar-refractivity contribution < 1.29 is 0 Å². The Morgan fingerprint density at radius 2 is 2.07 bits per heavy atom. The highest BCUT2D eigenvalue weighted by molar-refractivity contribution is 5.15. The third-order valence-corrected chi connectivity index (χ3v) is 2.49. The standard InChI is InChI=1S/C11H16N4/c1-9-6-12-15(7-9)5-4-11-8-14(3)13-10(11)2/h6-8H,4-5H2,1-3H3. The lowest BCUT2D eigenvalue weighted by molar-refractivity contribution is 0.613. The molecule has 0 aromatic carbocycles. The lowest BCUT2D eigenvalue weighted by Crippen LogP contribution is -2.01. The van der Waals surface area contributed by atoms with Crippen molar-refractivity contribution >= 4 is 0 Å². The molecule has 2 heterocycles. The Morgan fingerprint density at radius 3 is 2.60 bits per heavy atom. The summed E-state index contributed by atoms with van der Waals surface area (Å²) in [7, 11) is 1.95. The van der Waals surface area contributed by atoms with E-state index in [2.05, 4.69) is 29.5 Å². The molecule has 0 unspecified atom stereocenters. The van der Waals surface area contributed by atoms with E-state index >= 15 is 0 Å². The van der Waals surface area contributed by atoms with E-state index in [1.807, 2.05) is 29.5 Å². The van der Waals surface area contributed by atoms with Gasteiger partial charge in [-0.2, -0.15) is 10.2 Å². The van der Waals surface area contributed by atoms with Gasteiger partial charge < -0.3 is 0 Å². The van der Waals surface area contributed by atoms with E-state index < -0.39 is 0 Å². The molecule has 15 heavy (non-hydrogen) atoms. The minimum Gasteiger partial charge on any atom is -0.275 e. The van der Waals surface area contributed by atoms with Crippen molar-refractivity contribution in [2.45, 2.75) is 26.8 Å². The zero-order valence-corrected chi connectivity index (χ0v) is 9.44. The lowest BCUT2D eigenvalue weighted by Gasteiger charge is -1.99. The van der Waals surface area contributed by atoms with Crippen LogP contribution >= 0.6 is 0 Å². The summed E-state index contributed by atoms with van der Waals surface area (Å²) in [4.78, 5) is 0. The van der Waals surface area contributed by atoms with Crippen LogP contribution in [0.1, 0.15) is 16.8 Å². The fourth-order valence-corrected chi connectivity index (χ4v) is 1.72. The van der Waals surface area contributed by atoms with Crippen molar-refractivity contribution in [1.29, 1.82) is 0 Å². The van der Waals surface area contributed by atoms with E-state index in [0.717, 1.165) is 18.7 Å². The van der Waals surface area contributed by atoms with E-state index in [-0.39, 0.29) is 0 Å². The Hall–Kier alpha value is -1.58. The number of hydrogen-bond donors (Lipinski definition) is 0. The molecule has 0 bridgehead atoms. The van der Waals surface area contributed by atoms with Gasteiger partial charge in [-0.1, -0.05) is 0 Å². The van der Waals surface area contributed by atoms with Crippen molar-refractivity contribution in [3.8, 4) is 0 Å². The van der Waals surface area contributed by atoms with E-state index in [1.165, 1.54) is 11.1 Å². The maximum atomic E-state index is 4.32. The molecular weight excluding hydrogens is 188 g/mol. The Labute approximate surface area is 89.5 Å². The molecule has 0 radical (unpaired) electrons. The first-order valence-corrected chi connectivity index (χ1v) is 5.13. The summed E-state index contributed by atoms with van der Waals surface area (Å²) in [6.07, 6.45) is 7.01. The number of nitrogens with zero attached hydrogens (tertiary/aromatic N) is 4. The van der Waals surface area contributed by atoms with E-state index in [0.29, 0.717) is 0 Å². The van der Waals surface area contributed by atoms with Crippen LogP contribution in [-0.4, -0.2) is 19.6 Å². The first-order valence-electron chi connectivity index (χ1n) is 5.13. The van der Waals surface area contributed by atoms with Gasteiger partial charge in [-0.25, -0.2) is 0 Å². The highest BCUT2D eigenvalue weighted by atomic mass is 15.3. The van der Waals surface area contributed by atoms with Crippen molar-refractivity contribution in [2.75, 3.05) is 0 Å². The largest absolute Gasteiger partial charge is 0.275 e. The van der Waals surface area contributed by atoms with Gasteiger partial charge in [0.1, 0.15) is 0 Å². The number of rotatable bonds is 3. The van der Waals surface area contributed by atoms with Crippen LogP contribution in [0.4, 0.5) is 0 Å². The molecule has 2 aromatic heterocycles. The molecule has 0 aliphatic carbocycles. The van der Waals surface area contributed by atoms with Crippen molar-refractivity contribution in [3.05, 3.63) is 35.4 Å². The first kappa shape index (κ1) is 9.96.